The molecule has 0 unspecified atom stereocenters. The molecule has 1 N–H and O–H groups in total. The zero-order valence-electron chi connectivity index (χ0n) is 14.3. The number of aryl methyl sites for hydroxylation is 2. The first kappa shape index (κ1) is 17.7. The van der Waals surface area contributed by atoms with E-state index in [0.717, 1.165) is 28.9 Å². The highest BCUT2D eigenvalue weighted by atomic mass is 19.1. The van der Waals surface area contributed by atoms with Crippen molar-refractivity contribution in [2.24, 2.45) is 0 Å². The number of hydrogen-bond acceptors (Lipinski definition) is 3. The van der Waals surface area contributed by atoms with Gasteiger partial charge in [0.25, 0.3) is 5.91 Å². The van der Waals surface area contributed by atoms with Crippen molar-refractivity contribution in [3.8, 4) is 5.75 Å². The lowest BCUT2D eigenvalue weighted by molar-refractivity contribution is 0.0992. The third kappa shape index (κ3) is 3.91. The molecule has 0 aliphatic heterocycles. The minimum Gasteiger partial charge on any atom is -0.483 e. The van der Waals surface area contributed by atoms with Gasteiger partial charge < -0.3 is 14.5 Å². The number of para-hydroxylation sites is 1. The second-order valence-electron chi connectivity index (χ2n) is 5.85. The smallest absolute Gasteiger partial charge is 0.291 e. The number of furan rings is 1. The first-order chi connectivity index (χ1) is 12.4. The molecule has 3 rings (SSSR count). The third-order valence-corrected chi connectivity index (χ3v) is 3.87. The number of halogens is 2. The predicted molar refractivity (Wildman–Crippen MR) is 93.3 cm³/mol. The van der Waals surface area contributed by atoms with Gasteiger partial charge in [-0.05, 0) is 49.2 Å². The molecule has 0 bridgehead atoms. The molecule has 6 heteroatoms. The molecule has 0 fully saturated rings. The Hall–Kier alpha value is -3.15. The Morgan fingerprint density at radius 3 is 2.50 bits per heavy atom. The summed E-state index contributed by atoms with van der Waals surface area (Å²) in [5, 5.41) is 2.82. The van der Waals surface area contributed by atoms with Crippen molar-refractivity contribution in [1.82, 2.24) is 0 Å². The molecule has 4 nitrogen and oxygen atoms in total. The number of ether oxygens (including phenoxy) is 1. The number of rotatable bonds is 5. The Kier molecular flexibility index (Phi) is 5.02. The van der Waals surface area contributed by atoms with Crippen LogP contribution < -0.4 is 10.1 Å². The van der Waals surface area contributed by atoms with Gasteiger partial charge in [0.15, 0.2) is 17.3 Å². The zero-order valence-corrected chi connectivity index (χ0v) is 14.3. The number of nitrogens with one attached hydrogen (secondary N) is 1. The minimum atomic E-state index is -0.801. The van der Waals surface area contributed by atoms with Crippen LogP contribution in [-0.4, -0.2) is 5.91 Å². The highest BCUT2D eigenvalue weighted by Crippen LogP contribution is 2.22. The number of hydrogen-bond donors (Lipinski definition) is 1. The van der Waals surface area contributed by atoms with Crippen molar-refractivity contribution in [3.63, 3.8) is 0 Å². The Morgan fingerprint density at radius 2 is 1.81 bits per heavy atom. The maximum absolute atomic E-state index is 13.5. The first-order valence-electron chi connectivity index (χ1n) is 7.98. The molecular formula is C20H17F2NO3. The molecular weight excluding hydrogens is 340 g/mol. The molecule has 0 atom stereocenters. The summed E-state index contributed by atoms with van der Waals surface area (Å²) >= 11 is 0. The fourth-order valence-corrected chi connectivity index (χ4v) is 2.51. The second kappa shape index (κ2) is 7.39. The van der Waals surface area contributed by atoms with Gasteiger partial charge in [-0.15, -0.1) is 0 Å². The lowest BCUT2D eigenvalue weighted by Crippen LogP contribution is -2.13. The number of benzene rings is 2. The summed E-state index contributed by atoms with van der Waals surface area (Å²) in [5.41, 5.74) is 2.63. The number of carbonyl (C=O) groups is 1. The van der Waals surface area contributed by atoms with Crippen LogP contribution in [0.1, 0.15) is 27.4 Å². The molecule has 0 saturated carbocycles. The van der Waals surface area contributed by atoms with Crippen LogP contribution in [0.25, 0.3) is 0 Å². The molecule has 26 heavy (non-hydrogen) atoms. The Bertz CT molecular complexity index is 930. The molecule has 0 aliphatic carbocycles. The summed E-state index contributed by atoms with van der Waals surface area (Å²) in [4.78, 5) is 12.4. The SMILES string of the molecule is Cc1cccc(C)c1NC(=O)c1ccc(COc2ccc(F)cc2F)o1. The van der Waals surface area contributed by atoms with Crippen molar-refractivity contribution in [2.75, 3.05) is 5.32 Å². The van der Waals surface area contributed by atoms with E-state index < -0.39 is 11.6 Å². The van der Waals surface area contributed by atoms with Crippen LogP contribution in [0.4, 0.5) is 14.5 Å². The molecule has 1 aromatic heterocycles. The van der Waals surface area contributed by atoms with Crippen LogP contribution in [0.3, 0.4) is 0 Å². The van der Waals surface area contributed by atoms with Crippen molar-refractivity contribution in [3.05, 3.63) is 82.8 Å². The van der Waals surface area contributed by atoms with E-state index in [1.165, 1.54) is 12.1 Å². The third-order valence-electron chi connectivity index (χ3n) is 3.87. The highest BCUT2D eigenvalue weighted by Gasteiger charge is 2.14. The molecule has 0 aliphatic rings. The van der Waals surface area contributed by atoms with Gasteiger partial charge in [-0.25, -0.2) is 8.78 Å². The van der Waals surface area contributed by atoms with E-state index in [0.29, 0.717) is 5.76 Å². The van der Waals surface area contributed by atoms with Gasteiger partial charge in [0, 0.05) is 11.8 Å². The fourth-order valence-electron chi connectivity index (χ4n) is 2.51. The number of amides is 1. The van der Waals surface area contributed by atoms with Gasteiger partial charge in [-0.2, -0.15) is 0 Å². The quantitative estimate of drug-likeness (QED) is 0.699. The minimum absolute atomic E-state index is 0.0841. The normalized spacial score (nSPS) is 10.6. The van der Waals surface area contributed by atoms with Crippen LogP contribution in [0, 0.1) is 25.5 Å². The lowest BCUT2D eigenvalue weighted by Gasteiger charge is -2.10. The molecule has 3 aromatic rings. The van der Waals surface area contributed by atoms with Crippen LogP contribution in [0.2, 0.25) is 0 Å². The van der Waals surface area contributed by atoms with Crippen LogP contribution in [-0.2, 0) is 6.61 Å². The molecule has 0 spiro atoms. The fraction of sp³-hybridized carbons (Fsp3) is 0.150. The van der Waals surface area contributed by atoms with E-state index in [1.54, 1.807) is 6.07 Å². The first-order valence-corrected chi connectivity index (χ1v) is 7.98. The maximum atomic E-state index is 13.5. The summed E-state index contributed by atoms with van der Waals surface area (Å²) in [7, 11) is 0. The van der Waals surface area contributed by atoms with Gasteiger partial charge in [0.05, 0.1) is 0 Å². The average molecular weight is 357 g/mol. The topological polar surface area (TPSA) is 51.5 Å². The summed E-state index contributed by atoms with van der Waals surface area (Å²) in [6.07, 6.45) is 0. The Balaban J connectivity index is 1.66. The zero-order chi connectivity index (χ0) is 18.7. The predicted octanol–water partition coefficient (Wildman–Crippen LogP) is 5.01. The molecule has 1 heterocycles. The molecule has 2 aromatic carbocycles. The van der Waals surface area contributed by atoms with E-state index >= 15 is 0 Å². The van der Waals surface area contributed by atoms with Gasteiger partial charge in [-0.1, -0.05) is 18.2 Å². The van der Waals surface area contributed by atoms with Crippen LogP contribution in [0.15, 0.2) is 52.9 Å². The van der Waals surface area contributed by atoms with E-state index in [1.807, 2.05) is 32.0 Å². The lowest BCUT2D eigenvalue weighted by atomic mass is 10.1. The van der Waals surface area contributed by atoms with E-state index in [2.05, 4.69) is 5.32 Å². The number of anilines is 1. The van der Waals surface area contributed by atoms with Crippen molar-refractivity contribution in [2.45, 2.75) is 20.5 Å². The van der Waals surface area contributed by atoms with Gasteiger partial charge in [0.1, 0.15) is 18.2 Å². The molecule has 0 radical (unpaired) electrons. The van der Waals surface area contributed by atoms with Crippen LogP contribution in [0.5, 0.6) is 5.75 Å². The van der Waals surface area contributed by atoms with Crippen molar-refractivity contribution in [1.29, 1.82) is 0 Å². The summed E-state index contributed by atoms with van der Waals surface area (Å²) in [5.74, 6) is -1.50. The van der Waals surface area contributed by atoms with Crippen molar-refractivity contribution >= 4 is 11.6 Å². The standard InChI is InChI=1S/C20H17F2NO3/c1-12-4-3-5-13(2)19(12)23-20(24)18-9-7-15(26-18)11-25-17-8-6-14(21)10-16(17)22/h3-10H,11H2,1-2H3,(H,23,24). The van der Waals surface area contributed by atoms with Gasteiger partial charge >= 0.3 is 0 Å². The van der Waals surface area contributed by atoms with E-state index in [-0.39, 0.29) is 24.0 Å². The largest absolute Gasteiger partial charge is 0.483 e. The average Bonchev–Trinajstić information content (AvgIpc) is 3.06. The summed E-state index contributed by atoms with van der Waals surface area (Å²) in [6, 6.07) is 11.8. The summed E-state index contributed by atoms with van der Waals surface area (Å²) < 4.78 is 37.1. The van der Waals surface area contributed by atoms with Crippen LogP contribution >= 0.6 is 0 Å². The van der Waals surface area contributed by atoms with Gasteiger partial charge in [-0.3, -0.25) is 4.79 Å². The summed E-state index contributed by atoms with van der Waals surface area (Å²) in [6.45, 7) is 3.72. The highest BCUT2D eigenvalue weighted by molar-refractivity contribution is 6.03. The molecule has 1 amide bonds. The molecule has 0 saturated heterocycles. The Labute approximate surface area is 149 Å². The number of carbonyl (C=O) groups excluding carboxylic acids is 1. The second-order valence-corrected chi connectivity index (χ2v) is 5.85. The molecule has 134 valence electrons. The van der Waals surface area contributed by atoms with E-state index in [4.69, 9.17) is 9.15 Å². The monoisotopic (exact) mass is 357 g/mol. The maximum Gasteiger partial charge on any atom is 0.291 e. The van der Waals surface area contributed by atoms with Crippen molar-refractivity contribution < 1.29 is 22.7 Å². The van der Waals surface area contributed by atoms with E-state index in [9.17, 15) is 13.6 Å². The van der Waals surface area contributed by atoms with Gasteiger partial charge in [0.2, 0.25) is 0 Å². The Morgan fingerprint density at radius 1 is 1.08 bits per heavy atom.